The minimum absolute atomic E-state index is 0.205. The predicted octanol–water partition coefficient (Wildman–Crippen LogP) is 2.07. The van der Waals surface area contributed by atoms with Crippen LogP contribution in [0.15, 0.2) is 18.2 Å². The molecule has 0 spiro atoms. The van der Waals surface area contributed by atoms with Crippen LogP contribution in [0.2, 0.25) is 0 Å². The second kappa shape index (κ2) is 4.68. The molecule has 0 heterocycles. The van der Waals surface area contributed by atoms with Crippen LogP contribution in [0, 0.1) is 0 Å². The number of aliphatic hydroxyl groups is 1. The first-order chi connectivity index (χ1) is 8.82. The SMILES string of the molecule is COc1ccc(C2(CN)CC(O)C2)cc1C(F)(F)F. The zero-order chi connectivity index (χ0) is 14.3. The van der Waals surface area contributed by atoms with Gasteiger partial charge in [-0.15, -0.1) is 0 Å². The fraction of sp³-hybridized carbons (Fsp3) is 0.538. The summed E-state index contributed by atoms with van der Waals surface area (Å²) < 4.78 is 43.6. The molecular formula is C13H16F3NO2. The Morgan fingerprint density at radius 2 is 2.05 bits per heavy atom. The number of benzene rings is 1. The Bertz CT molecular complexity index is 467. The Balaban J connectivity index is 2.44. The highest BCUT2D eigenvalue weighted by atomic mass is 19.4. The summed E-state index contributed by atoms with van der Waals surface area (Å²) in [6.07, 6.45) is -4.17. The molecular weight excluding hydrogens is 259 g/mol. The molecule has 0 radical (unpaired) electrons. The van der Waals surface area contributed by atoms with Crippen molar-refractivity contribution in [3.63, 3.8) is 0 Å². The van der Waals surface area contributed by atoms with Crippen molar-refractivity contribution in [3.05, 3.63) is 29.3 Å². The van der Waals surface area contributed by atoms with Gasteiger partial charge in [0.25, 0.3) is 0 Å². The van der Waals surface area contributed by atoms with Crippen LogP contribution in [0.5, 0.6) is 5.75 Å². The molecule has 6 heteroatoms. The van der Waals surface area contributed by atoms with Gasteiger partial charge in [0.2, 0.25) is 0 Å². The number of hydrogen-bond donors (Lipinski definition) is 2. The van der Waals surface area contributed by atoms with E-state index >= 15 is 0 Å². The van der Waals surface area contributed by atoms with Crippen LogP contribution < -0.4 is 10.5 Å². The second-order valence-corrected chi connectivity index (χ2v) is 4.96. The van der Waals surface area contributed by atoms with Gasteiger partial charge in [-0.05, 0) is 30.5 Å². The van der Waals surface area contributed by atoms with Crippen LogP contribution in [0.4, 0.5) is 13.2 Å². The normalized spacial score (nSPS) is 26.9. The Labute approximate surface area is 109 Å². The van der Waals surface area contributed by atoms with E-state index in [9.17, 15) is 18.3 Å². The highest BCUT2D eigenvalue weighted by Gasteiger charge is 2.45. The third-order valence-corrected chi connectivity index (χ3v) is 3.76. The van der Waals surface area contributed by atoms with E-state index in [4.69, 9.17) is 10.5 Å². The van der Waals surface area contributed by atoms with Gasteiger partial charge in [0.15, 0.2) is 0 Å². The number of alkyl halides is 3. The summed E-state index contributed by atoms with van der Waals surface area (Å²) >= 11 is 0. The molecule has 3 nitrogen and oxygen atoms in total. The highest BCUT2D eigenvalue weighted by molar-refractivity contribution is 5.43. The van der Waals surface area contributed by atoms with E-state index in [1.165, 1.54) is 13.2 Å². The third-order valence-electron chi connectivity index (χ3n) is 3.76. The number of halogens is 3. The monoisotopic (exact) mass is 275 g/mol. The lowest BCUT2D eigenvalue weighted by Crippen LogP contribution is -2.49. The van der Waals surface area contributed by atoms with E-state index in [1.807, 2.05) is 0 Å². The van der Waals surface area contributed by atoms with E-state index in [0.717, 1.165) is 6.07 Å². The summed E-state index contributed by atoms with van der Waals surface area (Å²) in [5, 5.41) is 9.40. The van der Waals surface area contributed by atoms with Crippen molar-refractivity contribution in [1.29, 1.82) is 0 Å². The average Bonchev–Trinajstić information content (AvgIpc) is 2.33. The number of aliphatic hydroxyl groups excluding tert-OH is 1. The van der Waals surface area contributed by atoms with Crippen LogP contribution in [0.3, 0.4) is 0 Å². The van der Waals surface area contributed by atoms with Gasteiger partial charge in [0.1, 0.15) is 5.75 Å². The summed E-state index contributed by atoms with van der Waals surface area (Å²) in [7, 11) is 1.20. The smallest absolute Gasteiger partial charge is 0.419 e. The van der Waals surface area contributed by atoms with Gasteiger partial charge in [0, 0.05) is 12.0 Å². The molecule has 0 amide bonds. The third kappa shape index (κ3) is 2.42. The molecule has 0 aliphatic heterocycles. The molecule has 0 aromatic heterocycles. The molecule has 1 aromatic rings. The Kier molecular flexibility index (Phi) is 3.49. The largest absolute Gasteiger partial charge is 0.496 e. The molecule has 3 N–H and O–H groups in total. The molecule has 1 aromatic carbocycles. The summed E-state index contributed by atoms with van der Waals surface area (Å²) in [5.41, 5.74) is 4.82. The Morgan fingerprint density at radius 3 is 2.47 bits per heavy atom. The molecule has 19 heavy (non-hydrogen) atoms. The molecule has 1 aliphatic rings. The number of methoxy groups -OCH3 is 1. The van der Waals surface area contributed by atoms with E-state index in [1.54, 1.807) is 6.07 Å². The van der Waals surface area contributed by atoms with Crippen molar-refractivity contribution < 1.29 is 23.0 Å². The van der Waals surface area contributed by atoms with Gasteiger partial charge in [-0.3, -0.25) is 0 Å². The molecule has 1 saturated carbocycles. The van der Waals surface area contributed by atoms with E-state index in [0.29, 0.717) is 18.4 Å². The van der Waals surface area contributed by atoms with Crippen LogP contribution in [-0.2, 0) is 11.6 Å². The van der Waals surface area contributed by atoms with Crippen molar-refractivity contribution in [2.75, 3.05) is 13.7 Å². The van der Waals surface area contributed by atoms with E-state index < -0.39 is 23.3 Å². The van der Waals surface area contributed by atoms with Crippen molar-refractivity contribution in [3.8, 4) is 5.75 Å². The second-order valence-electron chi connectivity index (χ2n) is 4.96. The lowest BCUT2D eigenvalue weighted by Gasteiger charge is -2.45. The van der Waals surface area contributed by atoms with Crippen LogP contribution in [0.1, 0.15) is 24.0 Å². The lowest BCUT2D eigenvalue weighted by molar-refractivity contribution is -0.138. The Hall–Kier alpha value is -1.27. The zero-order valence-corrected chi connectivity index (χ0v) is 10.5. The molecule has 2 rings (SSSR count). The van der Waals surface area contributed by atoms with Crippen LogP contribution in [-0.4, -0.2) is 24.9 Å². The van der Waals surface area contributed by atoms with Crippen molar-refractivity contribution >= 4 is 0 Å². The first-order valence-electron chi connectivity index (χ1n) is 5.96. The van der Waals surface area contributed by atoms with Crippen LogP contribution in [0.25, 0.3) is 0 Å². The van der Waals surface area contributed by atoms with Gasteiger partial charge >= 0.3 is 6.18 Å². The highest BCUT2D eigenvalue weighted by Crippen LogP contribution is 2.46. The van der Waals surface area contributed by atoms with Crippen molar-refractivity contribution in [2.24, 2.45) is 5.73 Å². The summed E-state index contributed by atoms with van der Waals surface area (Å²) in [4.78, 5) is 0. The molecule has 0 atom stereocenters. The topological polar surface area (TPSA) is 55.5 Å². The number of ether oxygens (including phenoxy) is 1. The minimum atomic E-state index is -4.47. The van der Waals surface area contributed by atoms with Gasteiger partial charge in [-0.2, -0.15) is 13.2 Å². The lowest BCUT2D eigenvalue weighted by atomic mass is 9.62. The molecule has 0 saturated heterocycles. The van der Waals surface area contributed by atoms with Gasteiger partial charge in [-0.25, -0.2) is 0 Å². The fourth-order valence-corrected chi connectivity index (χ4v) is 2.62. The summed E-state index contributed by atoms with van der Waals surface area (Å²) in [6, 6.07) is 3.98. The summed E-state index contributed by atoms with van der Waals surface area (Å²) in [6.45, 7) is 0.216. The molecule has 0 bridgehead atoms. The minimum Gasteiger partial charge on any atom is -0.496 e. The zero-order valence-electron chi connectivity index (χ0n) is 10.5. The maximum absolute atomic E-state index is 12.9. The molecule has 1 fully saturated rings. The number of hydrogen-bond acceptors (Lipinski definition) is 3. The van der Waals surface area contributed by atoms with Gasteiger partial charge in [-0.1, -0.05) is 6.07 Å². The molecule has 1 aliphatic carbocycles. The number of rotatable bonds is 3. The van der Waals surface area contributed by atoms with Gasteiger partial charge < -0.3 is 15.6 Å². The van der Waals surface area contributed by atoms with Crippen LogP contribution >= 0.6 is 0 Å². The molecule has 106 valence electrons. The first-order valence-corrected chi connectivity index (χ1v) is 5.96. The van der Waals surface area contributed by atoms with E-state index in [2.05, 4.69) is 0 Å². The van der Waals surface area contributed by atoms with Gasteiger partial charge in [0.05, 0.1) is 18.8 Å². The fourth-order valence-electron chi connectivity index (χ4n) is 2.62. The average molecular weight is 275 g/mol. The number of nitrogens with two attached hydrogens (primary N) is 1. The Morgan fingerprint density at radius 1 is 1.42 bits per heavy atom. The van der Waals surface area contributed by atoms with Crippen molar-refractivity contribution in [1.82, 2.24) is 0 Å². The predicted molar refractivity (Wildman–Crippen MR) is 64.0 cm³/mol. The maximum atomic E-state index is 12.9. The molecule has 0 unspecified atom stereocenters. The van der Waals surface area contributed by atoms with Crippen molar-refractivity contribution in [2.45, 2.75) is 30.5 Å². The maximum Gasteiger partial charge on any atom is 0.419 e. The first kappa shape index (κ1) is 14.1. The van der Waals surface area contributed by atoms with E-state index in [-0.39, 0.29) is 12.3 Å². The standard InChI is InChI=1S/C13H16F3NO2/c1-19-11-3-2-8(4-10(11)13(14,15)16)12(7-17)5-9(18)6-12/h2-4,9,18H,5-7,17H2,1H3. The quantitative estimate of drug-likeness (QED) is 0.888. The summed E-state index contributed by atoms with van der Waals surface area (Å²) in [5.74, 6) is -0.205.